The van der Waals surface area contributed by atoms with Crippen molar-refractivity contribution in [3.63, 3.8) is 0 Å². The molecular weight excluding hydrogens is 288 g/mol. The molecule has 3 aliphatic rings. The van der Waals surface area contributed by atoms with Crippen LogP contribution in [0.5, 0.6) is 0 Å². The maximum Gasteiger partial charge on any atom is 0.232 e. The molecule has 1 unspecified atom stereocenters. The van der Waals surface area contributed by atoms with Gasteiger partial charge in [0.15, 0.2) is 0 Å². The van der Waals surface area contributed by atoms with Crippen LogP contribution in [0.15, 0.2) is 30.4 Å². The van der Waals surface area contributed by atoms with E-state index in [1.165, 1.54) is 0 Å². The number of allylic oxidation sites excluding steroid dienone is 2. The molecule has 0 bridgehead atoms. The Labute approximate surface area is 136 Å². The maximum absolute atomic E-state index is 12.7. The Balaban J connectivity index is 1.48. The predicted octanol–water partition coefficient (Wildman–Crippen LogP) is 2.85. The largest absolute Gasteiger partial charge is 0.342 e. The Hall–Kier alpha value is -2.10. The van der Waals surface area contributed by atoms with Gasteiger partial charge in [-0.3, -0.25) is 9.59 Å². The number of rotatable bonds is 2. The zero-order valence-electron chi connectivity index (χ0n) is 13.4. The molecule has 2 heterocycles. The summed E-state index contributed by atoms with van der Waals surface area (Å²) in [6, 6.07) is 5.91. The average molecular weight is 310 g/mol. The summed E-state index contributed by atoms with van der Waals surface area (Å²) in [6.45, 7) is 3.69. The lowest BCUT2D eigenvalue weighted by Gasteiger charge is -2.18. The molecular formula is C19H22N2O2. The van der Waals surface area contributed by atoms with E-state index in [4.69, 9.17) is 0 Å². The first-order chi connectivity index (χ1) is 11.1. The van der Waals surface area contributed by atoms with Crippen LogP contribution in [0.4, 0.5) is 5.69 Å². The molecule has 0 spiro atoms. The smallest absolute Gasteiger partial charge is 0.232 e. The van der Waals surface area contributed by atoms with Gasteiger partial charge in [-0.2, -0.15) is 0 Å². The van der Waals surface area contributed by atoms with E-state index < -0.39 is 0 Å². The van der Waals surface area contributed by atoms with Crippen molar-refractivity contribution in [2.24, 2.45) is 11.8 Å². The van der Waals surface area contributed by atoms with Gasteiger partial charge in [0.25, 0.3) is 0 Å². The molecule has 4 rings (SSSR count). The van der Waals surface area contributed by atoms with Crippen molar-refractivity contribution in [2.45, 2.75) is 32.1 Å². The molecule has 23 heavy (non-hydrogen) atoms. The maximum atomic E-state index is 12.7. The highest BCUT2D eigenvalue weighted by atomic mass is 16.2. The van der Waals surface area contributed by atoms with Gasteiger partial charge in [0.05, 0.1) is 5.92 Å². The number of hydrogen-bond donors (Lipinski definition) is 1. The lowest BCUT2D eigenvalue weighted by molar-refractivity contribution is -0.132. The number of amides is 2. The number of para-hydroxylation sites is 1. The van der Waals surface area contributed by atoms with Gasteiger partial charge in [-0.1, -0.05) is 30.4 Å². The van der Waals surface area contributed by atoms with E-state index in [-0.39, 0.29) is 24.2 Å². The van der Waals surface area contributed by atoms with E-state index >= 15 is 0 Å². The minimum Gasteiger partial charge on any atom is -0.342 e. The van der Waals surface area contributed by atoms with Crippen LogP contribution < -0.4 is 5.32 Å². The highest BCUT2D eigenvalue weighted by Crippen LogP contribution is 2.38. The molecule has 0 aromatic heterocycles. The lowest BCUT2D eigenvalue weighted by atomic mass is 9.86. The Morgan fingerprint density at radius 1 is 1.22 bits per heavy atom. The summed E-state index contributed by atoms with van der Waals surface area (Å²) >= 11 is 0. The van der Waals surface area contributed by atoms with Gasteiger partial charge < -0.3 is 10.2 Å². The van der Waals surface area contributed by atoms with E-state index in [1.807, 2.05) is 30.0 Å². The van der Waals surface area contributed by atoms with Crippen LogP contribution in [0.1, 0.15) is 36.3 Å². The molecule has 3 atom stereocenters. The van der Waals surface area contributed by atoms with Crippen LogP contribution in [0.25, 0.3) is 0 Å². The van der Waals surface area contributed by atoms with Gasteiger partial charge >= 0.3 is 0 Å². The fourth-order valence-corrected chi connectivity index (χ4v) is 4.23. The van der Waals surface area contributed by atoms with Crippen molar-refractivity contribution < 1.29 is 9.59 Å². The summed E-state index contributed by atoms with van der Waals surface area (Å²) < 4.78 is 0. The Kier molecular flexibility index (Phi) is 3.47. The molecule has 4 heteroatoms. The first-order valence-electron chi connectivity index (χ1n) is 8.46. The minimum atomic E-state index is -0.335. The highest BCUT2D eigenvalue weighted by Gasteiger charge is 2.38. The SMILES string of the molecule is Cc1cccc2c1NC(=O)C2CC(=O)N1C[C@H]2CC=CC[C@H]2C1. The third kappa shape index (κ3) is 2.46. The minimum absolute atomic E-state index is 0.0408. The summed E-state index contributed by atoms with van der Waals surface area (Å²) in [5.74, 6) is 0.958. The van der Waals surface area contributed by atoms with Gasteiger partial charge in [-0.05, 0) is 42.7 Å². The van der Waals surface area contributed by atoms with Crippen LogP contribution in [-0.2, 0) is 9.59 Å². The second-order valence-electron chi connectivity index (χ2n) is 7.05. The number of carbonyl (C=O) groups is 2. The molecule has 2 amide bonds. The normalized spacial score (nSPS) is 28.5. The van der Waals surface area contributed by atoms with Gasteiger partial charge in [0, 0.05) is 25.2 Å². The molecule has 0 saturated carbocycles. The second kappa shape index (κ2) is 5.52. The molecule has 0 radical (unpaired) electrons. The fraction of sp³-hybridized carbons (Fsp3) is 0.474. The Morgan fingerprint density at radius 3 is 2.61 bits per heavy atom. The van der Waals surface area contributed by atoms with E-state index in [0.717, 1.165) is 42.7 Å². The van der Waals surface area contributed by atoms with Gasteiger partial charge in [0.1, 0.15) is 0 Å². The standard InChI is InChI=1S/C19H22N2O2/c1-12-5-4-8-15-16(19(23)20-18(12)15)9-17(22)21-10-13-6-2-3-7-14(13)11-21/h2-5,8,13-14,16H,6-7,9-11H2,1H3,(H,20,23)/t13-,14+,16?. The predicted molar refractivity (Wildman–Crippen MR) is 89.1 cm³/mol. The quantitative estimate of drug-likeness (QED) is 0.854. The van der Waals surface area contributed by atoms with E-state index in [0.29, 0.717) is 11.8 Å². The lowest BCUT2D eigenvalue weighted by Crippen LogP contribution is -2.31. The topological polar surface area (TPSA) is 49.4 Å². The summed E-state index contributed by atoms with van der Waals surface area (Å²) in [6.07, 6.45) is 6.92. The molecule has 1 fully saturated rings. The Morgan fingerprint density at radius 2 is 1.91 bits per heavy atom. The molecule has 2 aliphatic heterocycles. The monoisotopic (exact) mass is 310 g/mol. The van der Waals surface area contributed by atoms with Gasteiger partial charge in [-0.25, -0.2) is 0 Å². The van der Waals surface area contributed by atoms with Crippen LogP contribution in [0, 0.1) is 18.8 Å². The molecule has 1 aromatic rings. The van der Waals surface area contributed by atoms with E-state index in [1.54, 1.807) is 0 Å². The number of carbonyl (C=O) groups excluding carboxylic acids is 2. The zero-order chi connectivity index (χ0) is 16.0. The summed E-state index contributed by atoms with van der Waals surface area (Å²) in [5, 5.41) is 2.94. The van der Waals surface area contributed by atoms with Crippen LogP contribution in [-0.4, -0.2) is 29.8 Å². The molecule has 1 aromatic carbocycles. The third-order valence-corrected chi connectivity index (χ3v) is 5.60. The fourth-order valence-electron chi connectivity index (χ4n) is 4.23. The summed E-state index contributed by atoms with van der Waals surface area (Å²) in [7, 11) is 0. The number of benzene rings is 1. The van der Waals surface area contributed by atoms with Crippen molar-refractivity contribution in [3.8, 4) is 0 Å². The van der Waals surface area contributed by atoms with Crippen molar-refractivity contribution in [1.82, 2.24) is 4.90 Å². The molecule has 4 nitrogen and oxygen atoms in total. The molecule has 1 saturated heterocycles. The van der Waals surface area contributed by atoms with E-state index in [2.05, 4.69) is 17.5 Å². The number of anilines is 1. The van der Waals surface area contributed by atoms with Crippen LogP contribution in [0.3, 0.4) is 0 Å². The number of fused-ring (bicyclic) bond motifs is 2. The first kappa shape index (κ1) is 14.5. The first-order valence-corrected chi connectivity index (χ1v) is 8.46. The number of nitrogens with one attached hydrogen (secondary N) is 1. The molecule has 1 aliphatic carbocycles. The summed E-state index contributed by atoms with van der Waals surface area (Å²) in [5.41, 5.74) is 2.93. The van der Waals surface area contributed by atoms with Crippen LogP contribution in [0.2, 0.25) is 0 Å². The van der Waals surface area contributed by atoms with Crippen molar-refractivity contribution in [1.29, 1.82) is 0 Å². The van der Waals surface area contributed by atoms with Crippen molar-refractivity contribution in [2.75, 3.05) is 18.4 Å². The van der Waals surface area contributed by atoms with Crippen molar-refractivity contribution >= 4 is 17.5 Å². The van der Waals surface area contributed by atoms with Gasteiger partial charge in [0.2, 0.25) is 11.8 Å². The molecule has 120 valence electrons. The van der Waals surface area contributed by atoms with Crippen molar-refractivity contribution in [3.05, 3.63) is 41.5 Å². The number of nitrogens with zero attached hydrogens (tertiary/aromatic N) is 1. The average Bonchev–Trinajstić information content (AvgIpc) is 3.11. The zero-order valence-corrected chi connectivity index (χ0v) is 13.4. The second-order valence-corrected chi connectivity index (χ2v) is 7.05. The third-order valence-electron chi connectivity index (χ3n) is 5.60. The summed E-state index contributed by atoms with van der Waals surface area (Å²) in [4.78, 5) is 27.0. The number of likely N-dealkylation sites (tertiary alicyclic amines) is 1. The van der Waals surface area contributed by atoms with Crippen LogP contribution >= 0.6 is 0 Å². The highest BCUT2D eigenvalue weighted by molar-refractivity contribution is 6.05. The number of hydrogen-bond acceptors (Lipinski definition) is 2. The Bertz CT molecular complexity index is 679. The van der Waals surface area contributed by atoms with Gasteiger partial charge in [-0.15, -0.1) is 0 Å². The molecule has 1 N–H and O–H groups in total. The number of aryl methyl sites for hydroxylation is 1. The van der Waals surface area contributed by atoms with E-state index in [9.17, 15) is 9.59 Å².